The lowest BCUT2D eigenvalue weighted by atomic mass is 10.1. The van der Waals surface area contributed by atoms with Crippen molar-refractivity contribution in [3.63, 3.8) is 0 Å². The van der Waals surface area contributed by atoms with E-state index in [1.54, 1.807) is 37.4 Å². The zero-order valence-electron chi connectivity index (χ0n) is 16.0. The highest BCUT2D eigenvalue weighted by molar-refractivity contribution is 7.22. The van der Waals surface area contributed by atoms with E-state index >= 15 is 0 Å². The standard InChI is InChI=1S/C23H19N3O2S/c1-15-8-7-9-16(14-15)21(27)24-18-11-4-3-10-17(18)22(28)26(2)23-25-19-12-5-6-13-20(19)29-23/h3-14H,1-2H3,(H,24,27). The summed E-state index contributed by atoms with van der Waals surface area (Å²) in [6.07, 6.45) is 0. The van der Waals surface area contributed by atoms with E-state index in [1.807, 2.05) is 49.4 Å². The molecule has 0 aliphatic rings. The summed E-state index contributed by atoms with van der Waals surface area (Å²) < 4.78 is 1.02. The fourth-order valence-corrected chi connectivity index (χ4v) is 3.96. The van der Waals surface area contributed by atoms with Crippen molar-refractivity contribution in [3.8, 4) is 0 Å². The van der Waals surface area contributed by atoms with Crippen LogP contribution in [0.3, 0.4) is 0 Å². The van der Waals surface area contributed by atoms with Crippen LogP contribution in [0.1, 0.15) is 26.3 Å². The SMILES string of the molecule is Cc1cccc(C(=O)Nc2ccccc2C(=O)N(C)c2nc3ccccc3s2)c1. The molecular weight excluding hydrogens is 382 g/mol. The fourth-order valence-electron chi connectivity index (χ4n) is 3.03. The highest BCUT2D eigenvalue weighted by Crippen LogP contribution is 2.29. The summed E-state index contributed by atoms with van der Waals surface area (Å²) in [6, 6.07) is 22.1. The van der Waals surface area contributed by atoms with E-state index in [-0.39, 0.29) is 11.8 Å². The number of thiazole rings is 1. The maximum Gasteiger partial charge on any atom is 0.261 e. The van der Waals surface area contributed by atoms with Gasteiger partial charge in [-0.3, -0.25) is 14.5 Å². The molecular formula is C23H19N3O2S. The minimum Gasteiger partial charge on any atom is -0.321 e. The van der Waals surface area contributed by atoms with E-state index in [1.165, 1.54) is 16.2 Å². The molecule has 4 rings (SSSR count). The number of nitrogens with one attached hydrogen (secondary N) is 1. The van der Waals surface area contributed by atoms with Gasteiger partial charge in [0.05, 0.1) is 21.5 Å². The van der Waals surface area contributed by atoms with Gasteiger partial charge >= 0.3 is 0 Å². The minimum atomic E-state index is -0.253. The molecule has 0 spiro atoms. The van der Waals surface area contributed by atoms with Crippen LogP contribution in [-0.2, 0) is 0 Å². The Balaban J connectivity index is 1.61. The highest BCUT2D eigenvalue weighted by Gasteiger charge is 2.21. The van der Waals surface area contributed by atoms with Gasteiger partial charge < -0.3 is 5.32 Å². The Morgan fingerprint density at radius 3 is 2.52 bits per heavy atom. The number of hydrogen-bond acceptors (Lipinski definition) is 4. The number of para-hydroxylation sites is 2. The van der Waals surface area contributed by atoms with Crippen LogP contribution in [0.5, 0.6) is 0 Å². The lowest BCUT2D eigenvalue weighted by molar-refractivity contribution is 0.0994. The van der Waals surface area contributed by atoms with Crippen molar-refractivity contribution >= 4 is 44.2 Å². The number of carbonyl (C=O) groups excluding carboxylic acids is 2. The molecule has 4 aromatic rings. The van der Waals surface area contributed by atoms with Crippen LogP contribution in [0.15, 0.2) is 72.8 Å². The van der Waals surface area contributed by atoms with Gasteiger partial charge in [-0.15, -0.1) is 0 Å². The Morgan fingerprint density at radius 1 is 0.966 bits per heavy atom. The average molecular weight is 401 g/mol. The Labute approximate surface area is 172 Å². The molecule has 0 bridgehead atoms. The predicted molar refractivity (Wildman–Crippen MR) is 118 cm³/mol. The molecule has 0 radical (unpaired) electrons. The van der Waals surface area contributed by atoms with Crippen LogP contribution < -0.4 is 10.2 Å². The second kappa shape index (κ2) is 7.85. The van der Waals surface area contributed by atoms with E-state index < -0.39 is 0 Å². The van der Waals surface area contributed by atoms with Crippen LogP contribution in [0.2, 0.25) is 0 Å². The Bertz CT molecular complexity index is 1180. The number of aryl methyl sites for hydroxylation is 1. The molecule has 29 heavy (non-hydrogen) atoms. The number of fused-ring (bicyclic) bond motifs is 1. The number of carbonyl (C=O) groups is 2. The van der Waals surface area contributed by atoms with Gasteiger partial charge in [0, 0.05) is 12.6 Å². The molecule has 0 saturated carbocycles. The molecule has 5 nitrogen and oxygen atoms in total. The van der Waals surface area contributed by atoms with Crippen LogP contribution in [0.4, 0.5) is 10.8 Å². The number of aromatic nitrogens is 1. The topological polar surface area (TPSA) is 62.3 Å². The summed E-state index contributed by atoms with van der Waals surface area (Å²) in [7, 11) is 1.69. The molecule has 144 valence electrons. The lowest BCUT2D eigenvalue weighted by Gasteiger charge is -2.17. The molecule has 3 aromatic carbocycles. The largest absolute Gasteiger partial charge is 0.321 e. The number of anilines is 2. The van der Waals surface area contributed by atoms with Crippen molar-refractivity contribution in [2.45, 2.75) is 6.92 Å². The fraction of sp³-hybridized carbons (Fsp3) is 0.0870. The van der Waals surface area contributed by atoms with Crippen LogP contribution in [0.25, 0.3) is 10.2 Å². The summed E-state index contributed by atoms with van der Waals surface area (Å²) in [5, 5.41) is 3.47. The molecule has 1 N–H and O–H groups in total. The first-order valence-corrected chi connectivity index (χ1v) is 9.95. The molecule has 0 unspecified atom stereocenters. The van der Waals surface area contributed by atoms with Gasteiger partial charge in [-0.05, 0) is 43.3 Å². The normalized spacial score (nSPS) is 10.7. The first-order valence-electron chi connectivity index (χ1n) is 9.13. The Morgan fingerprint density at radius 2 is 1.72 bits per heavy atom. The lowest BCUT2D eigenvalue weighted by Crippen LogP contribution is -2.27. The van der Waals surface area contributed by atoms with E-state index in [0.717, 1.165) is 15.8 Å². The minimum absolute atomic E-state index is 0.232. The molecule has 1 heterocycles. The van der Waals surface area contributed by atoms with Gasteiger partial charge in [0.15, 0.2) is 5.13 Å². The van der Waals surface area contributed by atoms with Crippen LogP contribution in [0, 0.1) is 6.92 Å². The van der Waals surface area contributed by atoms with Gasteiger partial charge in [0.1, 0.15) is 0 Å². The van der Waals surface area contributed by atoms with E-state index in [9.17, 15) is 9.59 Å². The summed E-state index contributed by atoms with van der Waals surface area (Å²) in [5.74, 6) is -0.485. The summed E-state index contributed by atoms with van der Waals surface area (Å²) >= 11 is 1.45. The molecule has 0 aliphatic heterocycles. The van der Waals surface area contributed by atoms with Gasteiger partial charge in [-0.25, -0.2) is 4.98 Å². The summed E-state index contributed by atoms with van der Waals surface area (Å²) in [6.45, 7) is 1.93. The highest BCUT2D eigenvalue weighted by atomic mass is 32.1. The van der Waals surface area contributed by atoms with E-state index in [4.69, 9.17) is 0 Å². The predicted octanol–water partition coefficient (Wildman–Crippen LogP) is 5.13. The maximum atomic E-state index is 13.2. The van der Waals surface area contributed by atoms with Crippen molar-refractivity contribution in [2.24, 2.45) is 0 Å². The molecule has 0 aliphatic carbocycles. The van der Waals surface area contributed by atoms with Gasteiger partial charge in [-0.1, -0.05) is 53.3 Å². The monoisotopic (exact) mass is 401 g/mol. The third kappa shape index (κ3) is 3.88. The van der Waals surface area contributed by atoms with Crippen molar-refractivity contribution in [2.75, 3.05) is 17.3 Å². The first kappa shape index (κ1) is 18.8. The van der Waals surface area contributed by atoms with Crippen LogP contribution in [-0.4, -0.2) is 23.8 Å². The number of rotatable bonds is 4. The molecule has 0 atom stereocenters. The summed E-state index contributed by atoms with van der Waals surface area (Å²) in [5.41, 5.74) is 3.28. The zero-order chi connectivity index (χ0) is 20.4. The third-order valence-corrected chi connectivity index (χ3v) is 5.67. The molecule has 6 heteroatoms. The van der Waals surface area contributed by atoms with Crippen LogP contribution >= 0.6 is 11.3 Å². The van der Waals surface area contributed by atoms with Crippen molar-refractivity contribution in [3.05, 3.63) is 89.5 Å². The van der Waals surface area contributed by atoms with Crippen molar-refractivity contribution in [1.29, 1.82) is 0 Å². The molecule has 1 aromatic heterocycles. The van der Waals surface area contributed by atoms with Gasteiger partial charge in [0.2, 0.25) is 0 Å². The first-order chi connectivity index (χ1) is 14.0. The van der Waals surface area contributed by atoms with Gasteiger partial charge in [-0.2, -0.15) is 0 Å². The maximum absolute atomic E-state index is 13.2. The molecule has 0 fully saturated rings. The molecule has 2 amide bonds. The number of amides is 2. The number of nitrogens with zero attached hydrogens (tertiary/aromatic N) is 2. The van der Waals surface area contributed by atoms with Gasteiger partial charge in [0.25, 0.3) is 11.8 Å². The van der Waals surface area contributed by atoms with E-state index in [0.29, 0.717) is 21.9 Å². The zero-order valence-corrected chi connectivity index (χ0v) is 16.9. The smallest absolute Gasteiger partial charge is 0.261 e. The number of hydrogen-bond donors (Lipinski definition) is 1. The van der Waals surface area contributed by atoms with E-state index in [2.05, 4.69) is 10.3 Å². The average Bonchev–Trinajstić information content (AvgIpc) is 3.17. The second-order valence-electron chi connectivity index (χ2n) is 6.70. The van der Waals surface area contributed by atoms with Crippen molar-refractivity contribution in [1.82, 2.24) is 4.98 Å². The number of benzene rings is 3. The third-order valence-electron chi connectivity index (χ3n) is 4.56. The summed E-state index contributed by atoms with van der Waals surface area (Å²) in [4.78, 5) is 31.9. The second-order valence-corrected chi connectivity index (χ2v) is 7.71. The Hall–Kier alpha value is -3.51. The Kier molecular flexibility index (Phi) is 5.10. The quantitative estimate of drug-likeness (QED) is 0.515. The molecule has 0 saturated heterocycles. The van der Waals surface area contributed by atoms with Crippen molar-refractivity contribution < 1.29 is 9.59 Å².